The fourth-order valence-corrected chi connectivity index (χ4v) is 1.73. The van der Waals surface area contributed by atoms with Crippen molar-refractivity contribution in [2.75, 3.05) is 0 Å². The van der Waals surface area contributed by atoms with E-state index in [9.17, 15) is 4.79 Å². The van der Waals surface area contributed by atoms with Gasteiger partial charge in [-0.25, -0.2) is 0 Å². The van der Waals surface area contributed by atoms with Crippen LogP contribution in [0.2, 0.25) is 0 Å². The summed E-state index contributed by atoms with van der Waals surface area (Å²) in [6.07, 6.45) is 8.32. The van der Waals surface area contributed by atoms with E-state index >= 15 is 0 Å². The minimum absolute atomic E-state index is 0.124. The second-order valence-electron chi connectivity index (χ2n) is 3.77. The van der Waals surface area contributed by atoms with E-state index in [1.54, 1.807) is 4.90 Å². The average Bonchev–Trinajstić information content (AvgIpc) is 2.39. The van der Waals surface area contributed by atoms with Crippen LogP contribution in [0.25, 0.3) is 0 Å². The SMILES string of the molecule is CCC(=O)N1C=CC(c2ccccc2)C=C1. The molecule has 2 rings (SSSR count). The summed E-state index contributed by atoms with van der Waals surface area (Å²) in [5, 5.41) is 0. The van der Waals surface area contributed by atoms with Gasteiger partial charge >= 0.3 is 0 Å². The van der Waals surface area contributed by atoms with Gasteiger partial charge in [-0.05, 0) is 5.56 Å². The van der Waals surface area contributed by atoms with Gasteiger partial charge in [-0.15, -0.1) is 0 Å². The Balaban J connectivity index is 2.10. The van der Waals surface area contributed by atoms with Gasteiger partial charge in [0.1, 0.15) is 0 Å². The summed E-state index contributed by atoms with van der Waals surface area (Å²) in [6.45, 7) is 1.87. The van der Waals surface area contributed by atoms with Gasteiger partial charge < -0.3 is 0 Å². The third-order valence-electron chi connectivity index (χ3n) is 2.68. The normalized spacial score (nSPS) is 15.4. The van der Waals surface area contributed by atoms with Gasteiger partial charge in [0.2, 0.25) is 5.91 Å². The lowest BCUT2D eigenvalue weighted by atomic mass is 9.98. The van der Waals surface area contributed by atoms with E-state index in [1.807, 2.05) is 49.7 Å². The standard InChI is InChI=1S/C14H15NO/c1-2-14(16)15-10-8-13(9-11-15)12-6-4-3-5-7-12/h3-11,13H,2H2,1H3. The fourth-order valence-electron chi connectivity index (χ4n) is 1.73. The highest BCUT2D eigenvalue weighted by Crippen LogP contribution is 2.22. The van der Waals surface area contributed by atoms with Gasteiger partial charge in [0.25, 0.3) is 0 Å². The Kier molecular flexibility index (Phi) is 3.20. The van der Waals surface area contributed by atoms with E-state index in [4.69, 9.17) is 0 Å². The van der Waals surface area contributed by atoms with Crippen LogP contribution >= 0.6 is 0 Å². The zero-order chi connectivity index (χ0) is 11.4. The molecule has 0 bridgehead atoms. The molecule has 0 unspecified atom stereocenters. The first-order valence-electron chi connectivity index (χ1n) is 5.54. The molecule has 0 spiro atoms. The number of rotatable bonds is 2. The molecule has 2 nitrogen and oxygen atoms in total. The number of benzene rings is 1. The van der Waals surface area contributed by atoms with Crippen LogP contribution in [0.3, 0.4) is 0 Å². The predicted molar refractivity (Wildman–Crippen MR) is 64.6 cm³/mol. The first kappa shape index (κ1) is 10.7. The van der Waals surface area contributed by atoms with E-state index in [-0.39, 0.29) is 11.8 Å². The minimum atomic E-state index is 0.124. The van der Waals surface area contributed by atoms with Crippen molar-refractivity contribution in [1.82, 2.24) is 4.90 Å². The Bertz CT molecular complexity index is 406. The van der Waals surface area contributed by atoms with Gasteiger partial charge in [0.05, 0.1) is 0 Å². The van der Waals surface area contributed by atoms with Crippen LogP contribution in [0, 0.1) is 0 Å². The molecule has 1 heterocycles. The summed E-state index contributed by atoms with van der Waals surface area (Å²) in [5.74, 6) is 0.404. The van der Waals surface area contributed by atoms with Gasteiger partial charge in [-0.1, -0.05) is 49.4 Å². The van der Waals surface area contributed by atoms with Crippen LogP contribution in [-0.2, 0) is 4.79 Å². The molecule has 1 aliphatic rings. The smallest absolute Gasteiger partial charge is 0.230 e. The lowest BCUT2D eigenvalue weighted by Gasteiger charge is -2.19. The van der Waals surface area contributed by atoms with Crippen molar-refractivity contribution >= 4 is 5.91 Å². The van der Waals surface area contributed by atoms with E-state index < -0.39 is 0 Å². The van der Waals surface area contributed by atoms with Crippen molar-refractivity contribution in [2.45, 2.75) is 19.3 Å². The maximum atomic E-state index is 11.4. The number of carbonyl (C=O) groups excluding carboxylic acids is 1. The van der Waals surface area contributed by atoms with E-state index in [1.165, 1.54) is 5.56 Å². The lowest BCUT2D eigenvalue weighted by molar-refractivity contribution is -0.126. The molecule has 1 aromatic rings. The zero-order valence-corrected chi connectivity index (χ0v) is 9.34. The molecule has 0 N–H and O–H groups in total. The summed E-state index contributed by atoms with van der Waals surface area (Å²) in [7, 11) is 0. The summed E-state index contributed by atoms with van der Waals surface area (Å²) in [5.41, 5.74) is 1.25. The summed E-state index contributed by atoms with van der Waals surface area (Å²) in [6, 6.07) is 10.3. The molecule has 0 atom stereocenters. The first-order valence-corrected chi connectivity index (χ1v) is 5.54. The summed E-state index contributed by atoms with van der Waals surface area (Å²) in [4.78, 5) is 13.1. The first-order chi connectivity index (χ1) is 7.81. The largest absolute Gasteiger partial charge is 0.295 e. The Labute approximate surface area is 95.9 Å². The maximum absolute atomic E-state index is 11.4. The highest BCUT2D eigenvalue weighted by Gasteiger charge is 2.12. The summed E-state index contributed by atoms with van der Waals surface area (Å²) >= 11 is 0. The molecule has 16 heavy (non-hydrogen) atoms. The van der Waals surface area contributed by atoms with Crippen LogP contribution in [0.4, 0.5) is 0 Å². The van der Waals surface area contributed by atoms with Gasteiger partial charge in [-0.2, -0.15) is 0 Å². The third kappa shape index (κ3) is 2.22. The van der Waals surface area contributed by atoms with Crippen LogP contribution in [0.5, 0.6) is 0 Å². The molecule has 2 heteroatoms. The molecule has 0 aromatic heterocycles. The van der Waals surface area contributed by atoms with Crippen molar-refractivity contribution in [1.29, 1.82) is 0 Å². The van der Waals surface area contributed by atoms with Gasteiger partial charge in [0.15, 0.2) is 0 Å². The number of hydrogen-bond acceptors (Lipinski definition) is 1. The molecular weight excluding hydrogens is 198 g/mol. The number of nitrogens with zero attached hydrogens (tertiary/aromatic N) is 1. The topological polar surface area (TPSA) is 20.3 Å². The number of hydrogen-bond donors (Lipinski definition) is 0. The molecule has 0 fully saturated rings. The highest BCUT2D eigenvalue weighted by molar-refractivity contribution is 5.78. The lowest BCUT2D eigenvalue weighted by Crippen LogP contribution is -2.20. The van der Waals surface area contributed by atoms with E-state index in [0.29, 0.717) is 6.42 Å². The van der Waals surface area contributed by atoms with Crippen molar-refractivity contribution < 1.29 is 4.79 Å². The van der Waals surface area contributed by atoms with Crippen molar-refractivity contribution in [3.05, 3.63) is 60.4 Å². The Hall–Kier alpha value is -1.83. The minimum Gasteiger partial charge on any atom is -0.295 e. The van der Waals surface area contributed by atoms with Crippen molar-refractivity contribution in [3.63, 3.8) is 0 Å². The van der Waals surface area contributed by atoms with Crippen LogP contribution in [0.15, 0.2) is 54.9 Å². The summed E-state index contributed by atoms with van der Waals surface area (Å²) < 4.78 is 0. The molecule has 1 aliphatic heterocycles. The maximum Gasteiger partial charge on any atom is 0.230 e. The van der Waals surface area contributed by atoms with Crippen LogP contribution in [-0.4, -0.2) is 10.8 Å². The second kappa shape index (κ2) is 4.79. The molecule has 0 saturated heterocycles. The molecule has 0 saturated carbocycles. The molecular formula is C14H15NO. The monoisotopic (exact) mass is 213 g/mol. The Morgan fingerprint density at radius 1 is 1.19 bits per heavy atom. The predicted octanol–water partition coefficient (Wildman–Crippen LogP) is 3.05. The van der Waals surface area contributed by atoms with Crippen molar-refractivity contribution in [3.8, 4) is 0 Å². The van der Waals surface area contributed by atoms with Gasteiger partial charge in [0, 0.05) is 24.7 Å². The molecule has 1 aromatic carbocycles. The molecule has 82 valence electrons. The van der Waals surface area contributed by atoms with Crippen LogP contribution < -0.4 is 0 Å². The highest BCUT2D eigenvalue weighted by atomic mass is 16.2. The Morgan fingerprint density at radius 3 is 2.38 bits per heavy atom. The van der Waals surface area contributed by atoms with E-state index in [0.717, 1.165) is 0 Å². The molecule has 0 aliphatic carbocycles. The number of allylic oxidation sites excluding steroid dienone is 2. The average molecular weight is 213 g/mol. The van der Waals surface area contributed by atoms with Gasteiger partial charge in [-0.3, -0.25) is 9.69 Å². The Morgan fingerprint density at radius 2 is 1.81 bits per heavy atom. The number of amides is 1. The zero-order valence-electron chi connectivity index (χ0n) is 9.34. The van der Waals surface area contributed by atoms with Crippen molar-refractivity contribution in [2.24, 2.45) is 0 Å². The third-order valence-corrected chi connectivity index (χ3v) is 2.68. The fraction of sp³-hybridized carbons (Fsp3) is 0.214. The van der Waals surface area contributed by atoms with Crippen LogP contribution in [0.1, 0.15) is 24.8 Å². The van der Waals surface area contributed by atoms with E-state index in [2.05, 4.69) is 12.1 Å². The quantitative estimate of drug-likeness (QED) is 0.739. The molecule has 0 radical (unpaired) electrons. The second-order valence-corrected chi connectivity index (χ2v) is 3.77. The number of carbonyl (C=O) groups is 1. The molecule has 1 amide bonds.